The smallest absolute Gasteiger partial charge is 0.244 e. The van der Waals surface area contributed by atoms with E-state index >= 15 is 0 Å². The lowest BCUT2D eigenvalue weighted by molar-refractivity contribution is -0.133. The van der Waals surface area contributed by atoms with E-state index in [9.17, 15) is 9.59 Å². The van der Waals surface area contributed by atoms with Crippen LogP contribution in [0.3, 0.4) is 0 Å². The van der Waals surface area contributed by atoms with Crippen LogP contribution >= 0.6 is 0 Å². The third kappa shape index (κ3) is 3.40. The summed E-state index contributed by atoms with van der Waals surface area (Å²) in [6.45, 7) is 6.60. The standard InChI is InChI=1S/C16H23N7O2/c1-9-14(11(3)24)10(2)23(21-9)8-13(25)22-6-4-12(5-7-22)15-18-16(17)20-19-15/h12H,4-8H2,1-3H3,(H3,17,18,19,20). The minimum Gasteiger partial charge on any atom is -0.367 e. The van der Waals surface area contributed by atoms with Crippen LogP contribution in [-0.4, -0.2) is 54.6 Å². The molecule has 0 aliphatic carbocycles. The van der Waals surface area contributed by atoms with Gasteiger partial charge in [0.15, 0.2) is 5.78 Å². The third-order valence-corrected chi connectivity index (χ3v) is 4.77. The Labute approximate surface area is 145 Å². The van der Waals surface area contributed by atoms with Crippen LogP contribution < -0.4 is 5.73 Å². The number of anilines is 1. The topological polar surface area (TPSA) is 123 Å². The fourth-order valence-electron chi connectivity index (χ4n) is 3.46. The van der Waals surface area contributed by atoms with Crippen LogP contribution in [0.2, 0.25) is 0 Å². The molecule has 0 aromatic carbocycles. The number of carbonyl (C=O) groups is 2. The molecule has 0 saturated carbocycles. The Morgan fingerprint density at radius 1 is 1.28 bits per heavy atom. The quantitative estimate of drug-likeness (QED) is 0.791. The van der Waals surface area contributed by atoms with Crippen LogP contribution in [0.25, 0.3) is 0 Å². The van der Waals surface area contributed by atoms with Crippen molar-refractivity contribution in [3.63, 3.8) is 0 Å². The zero-order chi connectivity index (χ0) is 18.1. The van der Waals surface area contributed by atoms with Gasteiger partial charge in [-0.2, -0.15) is 10.1 Å². The van der Waals surface area contributed by atoms with Crippen molar-refractivity contribution in [2.45, 2.75) is 46.1 Å². The molecule has 134 valence electrons. The number of aromatic amines is 1. The summed E-state index contributed by atoms with van der Waals surface area (Å²) in [7, 11) is 0. The highest BCUT2D eigenvalue weighted by Gasteiger charge is 2.26. The lowest BCUT2D eigenvalue weighted by Crippen LogP contribution is -2.40. The van der Waals surface area contributed by atoms with E-state index in [1.54, 1.807) is 11.6 Å². The number of nitrogens with zero attached hydrogens (tertiary/aromatic N) is 5. The number of rotatable bonds is 4. The van der Waals surface area contributed by atoms with Crippen LogP contribution in [0, 0.1) is 13.8 Å². The molecule has 0 radical (unpaired) electrons. The molecule has 1 aliphatic rings. The van der Waals surface area contributed by atoms with Crippen molar-refractivity contribution in [1.29, 1.82) is 0 Å². The van der Waals surface area contributed by atoms with Gasteiger partial charge in [-0.05, 0) is 33.6 Å². The maximum Gasteiger partial charge on any atom is 0.244 e. The maximum atomic E-state index is 12.6. The lowest BCUT2D eigenvalue weighted by Gasteiger charge is -2.31. The van der Waals surface area contributed by atoms with E-state index in [0.717, 1.165) is 24.4 Å². The van der Waals surface area contributed by atoms with Gasteiger partial charge in [0.25, 0.3) is 0 Å². The molecule has 3 rings (SSSR count). The molecule has 0 unspecified atom stereocenters. The summed E-state index contributed by atoms with van der Waals surface area (Å²) >= 11 is 0. The van der Waals surface area contributed by atoms with Gasteiger partial charge in [-0.3, -0.25) is 19.4 Å². The molecule has 1 saturated heterocycles. The van der Waals surface area contributed by atoms with Crippen LogP contribution in [-0.2, 0) is 11.3 Å². The summed E-state index contributed by atoms with van der Waals surface area (Å²) in [5.74, 6) is 1.26. The van der Waals surface area contributed by atoms with Crippen LogP contribution in [0.15, 0.2) is 0 Å². The van der Waals surface area contributed by atoms with Crippen molar-refractivity contribution in [3.05, 3.63) is 22.8 Å². The van der Waals surface area contributed by atoms with Gasteiger partial charge in [0.2, 0.25) is 11.9 Å². The number of likely N-dealkylation sites (tertiary alicyclic amines) is 1. The van der Waals surface area contributed by atoms with Crippen LogP contribution in [0.1, 0.15) is 53.3 Å². The fourth-order valence-corrected chi connectivity index (χ4v) is 3.46. The average molecular weight is 345 g/mol. The van der Waals surface area contributed by atoms with Gasteiger partial charge < -0.3 is 10.6 Å². The van der Waals surface area contributed by atoms with Crippen molar-refractivity contribution in [2.24, 2.45) is 0 Å². The minimum absolute atomic E-state index is 0.0104. The van der Waals surface area contributed by atoms with Crippen molar-refractivity contribution < 1.29 is 9.59 Å². The molecular weight excluding hydrogens is 322 g/mol. The van der Waals surface area contributed by atoms with Crippen LogP contribution in [0.4, 0.5) is 5.95 Å². The van der Waals surface area contributed by atoms with Gasteiger partial charge in [-0.1, -0.05) is 0 Å². The van der Waals surface area contributed by atoms with E-state index in [0.29, 0.717) is 24.3 Å². The number of aryl methyl sites for hydroxylation is 1. The summed E-state index contributed by atoms with van der Waals surface area (Å²) in [5.41, 5.74) is 7.56. The van der Waals surface area contributed by atoms with Gasteiger partial charge >= 0.3 is 0 Å². The highest BCUT2D eigenvalue weighted by atomic mass is 16.2. The molecule has 3 N–H and O–H groups in total. The largest absolute Gasteiger partial charge is 0.367 e. The molecule has 2 aromatic heterocycles. The highest BCUT2D eigenvalue weighted by Crippen LogP contribution is 2.26. The predicted molar refractivity (Wildman–Crippen MR) is 91.1 cm³/mol. The van der Waals surface area contributed by atoms with E-state index in [-0.39, 0.29) is 30.1 Å². The van der Waals surface area contributed by atoms with Gasteiger partial charge in [0.05, 0.1) is 11.3 Å². The molecule has 25 heavy (non-hydrogen) atoms. The van der Waals surface area contributed by atoms with E-state index in [1.165, 1.54) is 6.92 Å². The number of Topliss-reactive ketones (excluding diaryl/α,β-unsaturated/α-hetero) is 1. The monoisotopic (exact) mass is 345 g/mol. The minimum atomic E-state index is -0.0270. The third-order valence-electron chi connectivity index (χ3n) is 4.77. The summed E-state index contributed by atoms with van der Waals surface area (Å²) < 4.78 is 1.62. The number of hydrogen-bond donors (Lipinski definition) is 2. The summed E-state index contributed by atoms with van der Waals surface area (Å²) in [5, 5.41) is 11.1. The number of H-pyrrole nitrogens is 1. The van der Waals surface area contributed by atoms with Crippen molar-refractivity contribution in [2.75, 3.05) is 18.8 Å². The molecule has 9 nitrogen and oxygen atoms in total. The predicted octanol–water partition coefficient (Wildman–Crippen LogP) is 0.809. The molecule has 0 bridgehead atoms. The van der Waals surface area contributed by atoms with E-state index in [4.69, 9.17) is 5.73 Å². The number of hydrogen-bond acceptors (Lipinski definition) is 6. The number of carbonyl (C=O) groups excluding carboxylic acids is 2. The number of ketones is 1. The van der Waals surface area contributed by atoms with Crippen molar-refractivity contribution in [3.8, 4) is 0 Å². The Morgan fingerprint density at radius 3 is 2.48 bits per heavy atom. The maximum absolute atomic E-state index is 12.6. The first kappa shape index (κ1) is 17.1. The lowest BCUT2D eigenvalue weighted by atomic mass is 9.96. The molecule has 1 fully saturated rings. The van der Waals surface area contributed by atoms with E-state index < -0.39 is 0 Å². The molecule has 1 amide bonds. The Morgan fingerprint density at radius 2 is 1.96 bits per heavy atom. The van der Waals surface area contributed by atoms with Crippen molar-refractivity contribution in [1.82, 2.24) is 29.9 Å². The molecular formula is C16H23N7O2. The van der Waals surface area contributed by atoms with Gasteiger partial charge in [-0.15, -0.1) is 5.10 Å². The number of aromatic nitrogens is 5. The van der Waals surface area contributed by atoms with Gasteiger partial charge in [-0.25, -0.2) is 0 Å². The number of nitrogens with two attached hydrogens (primary N) is 1. The van der Waals surface area contributed by atoms with Crippen LogP contribution in [0.5, 0.6) is 0 Å². The number of nitrogen functional groups attached to an aromatic ring is 1. The summed E-state index contributed by atoms with van der Waals surface area (Å²) in [4.78, 5) is 30.3. The normalized spacial score (nSPS) is 15.6. The second kappa shape index (κ2) is 6.66. The van der Waals surface area contributed by atoms with E-state index in [2.05, 4.69) is 20.3 Å². The molecule has 3 heterocycles. The zero-order valence-electron chi connectivity index (χ0n) is 14.7. The second-order valence-electron chi connectivity index (χ2n) is 6.49. The van der Waals surface area contributed by atoms with Crippen molar-refractivity contribution >= 4 is 17.6 Å². The molecule has 0 atom stereocenters. The first-order valence-corrected chi connectivity index (χ1v) is 8.37. The fraction of sp³-hybridized carbons (Fsp3) is 0.562. The first-order valence-electron chi connectivity index (χ1n) is 8.37. The molecule has 1 aliphatic heterocycles. The average Bonchev–Trinajstić information content (AvgIpc) is 3.11. The summed E-state index contributed by atoms with van der Waals surface area (Å²) in [6.07, 6.45) is 1.63. The van der Waals surface area contributed by atoms with Gasteiger partial charge in [0.1, 0.15) is 12.4 Å². The zero-order valence-corrected chi connectivity index (χ0v) is 14.7. The Balaban J connectivity index is 1.62. The molecule has 0 spiro atoms. The number of amides is 1. The summed E-state index contributed by atoms with van der Waals surface area (Å²) in [6, 6.07) is 0. The molecule has 9 heteroatoms. The highest BCUT2D eigenvalue weighted by molar-refractivity contribution is 5.96. The molecule has 2 aromatic rings. The van der Waals surface area contributed by atoms with Gasteiger partial charge in [0, 0.05) is 24.7 Å². The first-order chi connectivity index (χ1) is 11.9. The Kier molecular flexibility index (Phi) is 4.56. The Hall–Kier alpha value is -2.71. The number of nitrogens with one attached hydrogen (secondary N) is 1. The SMILES string of the molecule is CC(=O)c1c(C)nn(CC(=O)N2CCC(c3nc(N)n[nH]3)CC2)c1C. The van der Waals surface area contributed by atoms with E-state index in [1.807, 2.05) is 11.8 Å². The second-order valence-corrected chi connectivity index (χ2v) is 6.49. The Bertz CT molecular complexity index is 800. The number of piperidine rings is 1.